The van der Waals surface area contributed by atoms with Gasteiger partial charge in [0.15, 0.2) is 0 Å². The Morgan fingerprint density at radius 3 is 2.22 bits per heavy atom. The van der Waals surface area contributed by atoms with Crippen LogP contribution in [0.25, 0.3) is 0 Å². The van der Waals surface area contributed by atoms with E-state index in [0.29, 0.717) is 29.2 Å². The van der Waals surface area contributed by atoms with Crippen LogP contribution in [0.4, 0.5) is 11.4 Å². The molecule has 0 atom stereocenters. The zero-order valence-electron chi connectivity index (χ0n) is 15.4. The summed E-state index contributed by atoms with van der Waals surface area (Å²) in [5.41, 5.74) is 1.77. The van der Waals surface area contributed by atoms with Gasteiger partial charge in [-0.05, 0) is 42.9 Å². The van der Waals surface area contributed by atoms with Gasteiger partial charge in [0.25, 0.3) is 0 Å². The number of hydrogen-bond acceptors (Lipinski definition) is 5. The number of nitrogens with one attached hydrogen (secondary N) is 2. The topological polar surface area (TPSA) is 94.5 Å². The molecule has 2 N–H and O–H groups in total. The summed E-state index contributed by atoms with van der Waals surface area (Å²) in [4.78, 5) is 26.2. The normalized spacial score (nSPS) is 10.1. The number of methoxy groups -OCH3 is 1. The number of hydrogen-bond donors (Lipinski definition) is 2. The molecule has 0 spiro atoms. The highest BCUT2D eigenvalue weighted by molar-refractivity contribution is 5.94. The number of anilines is 2. The fourth-order valence-corrected chi connectivity index (χ4v) is 2.42. The summed E-state index contributed by atoms with van der Waals surface area (Å²) < 4.78 is 5.13. The molecule has 0 saturated carbocycles. The average Bonchev–Trinajstić information content (AvgIpc) is 2.68. The van der Waals surface area contributed by atoms with Crippen LogP contribution in [0.5, 0.6) is 5.75 Å². The van der Waals surface area contributed by atoms with Crippen LogP contribution in [-0.4, -0.2) is 43.5 Å². The summed E-state index contributed by atoms with van der Waals surface area (Å²) >= 11 is 0. The number of carbonyl (C=O) groups is 2. The van der Waals surface area contributed by atoms with Crippen LogP contribution in [-0.2, 0) is 9.59 Å². The molecule has 2 aromatic rings. The highest BCUT2D eigenvalue weighted by Gasteiger charge is 2.14. The van der Waals surface area contributed by atoms with Crippen LogP contribution in [0.1, 0.15) is 12.5 Å². The maximum absolute atomic E-state index is 12.2. The lowest BCUT2D eigenvalue weighted by molar-refractivity contribution is -0.119. The molecule has 2 amide bonds. The molecular formula is C20H22N4O3. The van der Waals surface area contributed by atoms with Crippen molar-refractivity contribution in [3.8, 4) is 11.8 Å². The molecule has 0 unspecified atom stereocenters. The quantitative estimate of drug-likeness (QED) is 0.748. The van der Waals surface area contributed by atoms with E-state index in [0.717, 1.165) is 0 Å². The Hall–Kier alpha value is -3.37. The Balaban J connectivity index is 1.86. The van der Waals surface area contributed by atoms with E-state index in [9.17, 15) is 9.59 Å². The second-order valence-corrected chi connectivity index (χ2v) is 5.82. The van der Waals surface area contributed by atoms with Gasteiger partial charge in [-0.15, -0.1) is 0 Å². The summed E-state index contributed by atoms with van der Waals surface area (Å²) in [6.45, 7) is 2.61. The van der Waals surface area contributed by atoms with Crippen LogP contribution in [0.15, 0.2) is 48.5 Å². The first kappa shape index (κ1) is 19.9. The fraction of sp³-hybridized carbons (Fsp3) is 0.250. The van der Waals surface area contributed by atoms with E-state index in [2.05, 4.69) is 10.6 Å². The molecule has 2 rings (SSSR count). The number of nitrogens with zero attached hydrogens (tertiary/aromatic N) is 2. The number of benzene rings is 2. The molecule has 0 fully saturated rings. The number of likely N-dealkylation sites (N-methyl/N-ethyl adjacent to an activating group) is 1. The zero-order chi connectivity index (χ0) is 19.6. The molecule has 27 heavy (non-hydrogen) atoms. The second kappa shape index (κ2) is 9.94. The van der Waals surface area contributed by atoms with Gasteiger partial charge in [0, 0.05) is 17.4 Å². The fourth-order valence-electron chi connectivity index (χ4n) is 2.42. The molecule has 0 heterocycles. The second-order valence-electron chi connectivity index (χ2n) is 5.82. The van der Waals surface area contributed by atoms with Crippen molar-refractivity contribution in [3.05, 3.63) is 54.1 Å². The predicted octanol–water partition coefficient (Wildman–Crippen LogP) is 2.47. The van der Waals surface area contributed by atoms with Crippen molar-refractivity contribution in [2.24, 2.45) is 0 Å². The van der Waals surface area contributed by atoms with E-state index in [4.69, 9.17) is 10.00 Å². The van der Waals surface area contributed by atoms with Gasteiger partial charge >= 0.3 is 0 Å². The number of nitriles is 1. The van der Waals surface area contributed by atoms with E-state index in [1.54, 1.807) is 60.5 Å². The number of rotatable bonds is 8. The van der Waals surface area contributed by atoms with Crippen molar-refractivity contribution in [2.75, 3.05) is 37.4 Å². The zero-order valence-corrected chi connectivity index (χ0v) is 15.4. The number of carbonyl (C=O) groups excluding carboxylic acids is 2. The van der Waals surface area contributed by atoms with Gasteiger partial charge in [0.05, 0.1) is 31.8 Å². The maximum Gasteiger partial charge on any atom is 0.238 e. The minimum Gasteiger partial charge on any atom is -0.497 e. The minimum atomic E-state index is -0.226. The summed E-state index contributed by atoms with van der Waals surface area (Å²) in [7, 11) is 1.56. The van der Waals surface area contributed by atoms with Gasteiger partial charge < -0.3 is 15.4 Å². The Labute approximate surface area is 158 Å². The van der Waals surface area contributed by atoms with Crippen LogP contribution >= 0.6 is 0 Å². The van der Waals surface area contributed by atoms with Gasteiger partial charge in [-0.1, -0.05) is 13.0 Å². The first-order chi connectivity index (χ1) is 13.0. The largest absolute Gasteiger partial charge is 0.497 e. The van der Waals surface area contributed by atoms with Crippen molar-refractivity contribution < 1.29 is 14.3 Å². The smallest absolute Gasteiger partial charge is 0.238 e. The van der Waals surface area contributed by atoms with Crippen molar-refractivity contribution in [2.45, 2.75) is 6.92 Å². The summed E-state index contributed by atoms with van der Waals surface area (Å²) in [5, 5.41) is 14.3. The van der Waals surface area contributed by atoms with E-state index >= 15 is 0 Å². The van der Waals surface area contributed by atoms with Crippen LogP contribution < -0.4 is 15.4 Å². The molecule has 0 bridgehead atoms. The Kier molecular flexibility index (Phi) is 7.35. The molecule has 0 radical (unpaired) electrons. The first-order valence-corrected chi connectivity index (χ1v) is 8.50. The van der Waals surface area contributed by atoms with Crippen LogP contribution in [0, 0.1) is 11.3 Å². The van der Waals surface area contributed by atoms with E-state index < -0.39 is 0 Å². The van der Waals surface area contributed by atoms with Gasteiger partial charge in [0.1, 0.15) is 5.75 Å². The molecule has 2 aromatic carbocycles. The standard InChI is InChI=1S/C20H22N4O3/c1-3-24(13-19(25)22-16-9-7-15(12-21)8-10-16)14-20(26)23-17-5-4-6-18(11-17)27-2/h4-11H,3,13-14H2,1-2H3,(H,22,25)(H,23,26). The average molecular weight is 366 g/mol. The lowest BCUT2D eigenvalue weighted by Gasteiger charge is -2.19. The number of ether oxygens (including phenoxy) is 1. The van der Waals surface area contributed by atoms with E-state index in [1.807, 2.05) is 13.0 Å². The Morgan fingerprint density at radius 2 is 1.67 bits per heavy atom. The van der Waals surface area contributed by atoms with Gasteiger partial charge in [0.2, 0.25) is 11.8 Å². The molecule has 0 saturated heterocycles. The van der Waals surface area contributed by atoms with Gasteiger partial charge in [-0.25, -0.2) is 0 Å². The van der Waals surface area contributed by atoms with Gasteiger partial charge in [-0.2, -0.15) is 5.26 Å². The SMILES string of the molecule is CCN(CC(=O)Nc1ccc(C#N)cc1)CC(=O)Nc1cccc(OC)c1. The summed E-state index contributed by atoms with van der Waals surface area (Å²) in [5.74, 6) is 0.217. The lowest BCUT2D eigenvalue weighted by Crippen LogP contribution is -2.38. The maximum atomic E-state index is 12.2. The monoisotopic (exact) mass is 366 g/mol. The third-order valence-electron chi connectivity index (χ3n) is 3.83. The predicted molar refractivity (Wildman–Crippen MR) is 104 cm³/mol. The van der Waals surface area contributed by atoms with Crippen molar-refractivity contribution in [1.82, 2.24) is 4.90 Å². The van der Waals surface area contributed by atoms with Crippen molar-refractivity contribution >= 4 is 23.2 Å². The van der Waals surface area contributed by atoms with Crippen molar-refractivity contribution in [1.29, 1.82) is 5.26 Å². The summed E-state index contributed by atoms with van der Waals surface area (Å²) in [6, 6.07) is 15.7. The highest BCUT2D eigenvalue weighted by atomic mass is 16.5. The molecule has 7 heteroatoms. The lowest BCUT2D eigenvalue weighted by atomic mass is 10.2. The molecule has 0 aliphatic heterocycles. The molecule has 140 valence electrons. The summed E-state index contributed by atoms with van der Waals surface area (Å²) in [6.07, 6.45) is 0. The van der Waals surface area contributed by atoms with E-state index in [1.165, 1.54) is 0 Å². The van der Waals surface area contributed by atoms with Gasteiger partial charge in [-0.3, -0.25) is 14.5 Å². The Morgan fingerprint density at radius 1 is 1.04 bits per heavy atom. The molecule has 0 aromatic heterocycles. The number of amides is 2. The van der Waals surface area contributed by atoms with Crippen molar-refractivity contribution in [3.63, 3.8) is 0 Å². The van der Waals surface area contributed by atoms with E-state index in [-0.39, 0.29) is 24.9 Å². The minimum absolute atomic E-state index is 0.0853. The molecule has 0 aliphatic rings. The Bertz CT molecular complexity index is 828. The molecular weight excluding hydrogens is 344 g/mol. The highest BCUT2D eigenvalue weighted by Crippen LogP contribution is 2.16. The van der Waals surface area contributed by atoms with Crippen LogP contribution in [0.2, 0.25) is 0 Å². The third-order valence-corrected chi connectivity index (χ3v) is 3.83. The first-order valence-electron chi connectivity index (χ1n) is 8.50. The third kappa shape index (κ3) is 6.45. The van der Waals surface area contributed by atoms with Crippen LogP contribution in [0.3, 0.4) is 0 Å². The molecule has 0 aliphatic carbocycles. The molecule has 7 nitrogen and oxygen atoms in total.